The van der Waals surface area contributed by atoms with Gasteiger partial charge in [-0.2, -0.15) is 0 Å². The lowest BCUT2D eigenvalue weighted by atomic mass is 10.0. The van der Waals surface area contributed by atoms with E-state index >= 15 is 0 Å². The average molecular weight is 282 g/mol. The third-order valence-electron chi connectivity index (χ3n) is 4.52. The van der Waals surface area contributed by atoms with Crippen LogP contribution in [0.15, 0.2) is 0 Å². The van der Waals surface area contributed by atoms with E-state index in [4.69, 9.17) is 15.2 Å². The summed E-state index contributed by atoms with van der Waals surface area (Å²) in [7, 11) is 0. The molecule has 1 aliphatic heterocycles. The van der Waals surface area contributed by atoms with E-state index in [1.807, 2.05) is 0 Å². The Morgan fingerprint density at radius 3 is 2.65 bits per heavy atom. The normalized spacial score (nSPS) is 31.6. The SMILES string of the molecule is NC(=O)C1(C(=O)N[C@@H]2CCOC[C@H]2OCC2CC2)CC1. The van der Waals surface area contributed by atoms with Crippen LogP contribution in [-0.4, -0.2) is 43.8 Å². The number of carbonyl (C=O) groups is 2. The predicted octanol–water partition coefficient (Wildman–Crippen LogP) is -0.0478. The van der Waals surface area contributed by atoms with Crippen molar-refractivity contribution in [3.8, 4) is 0 Å². The fourth-order valence-corrected chi connectivity index (χ4v) is 2.60. The molecule has 0 spiro atoms. The van der Waals surface area contributed by atoms with Gasteiger partial charge in [-0.1, -0.05) is 0 Å². The maximum absolute atomic E-state index is 12.2. The van der Waals surface area contributed by atoms with Crippen molar-refractivity contribution < 1.29 is 19.1 Å². The number of nitrogens with two attached hydrogens (primary N) is 1. The fourth-order valence-electron chi connectivity index (χ4n) is 2.60. The quantitative estimate of drug-likeness (QED) is 0.668. The van der Waals surface area contributed by atoms with Gasteiger partial charge in [0, 0.05) is 13.2 Å². The van der Waals surface area contributed by atoms with E-state index < -0.39 is 11.3 Å². The molecule has 2 atom stereocenters. The van der Waals surface area contributed by atoms with E-state index in [-0.39, 0.29) is 18.1 Å². The van der Waals surface area contributed by atoms with Crippen molar-refractivity contribution in [3.63, 3.8) is 0 Å². The number of nitrogens with one attached hydrogen (secondary N) is 1. The Bertz CT molecular complexity index is 404. The molecule has 2 amide bonds. The summed E-state index contributed by atoms with van der Waals surface area (Å²) in [6.07, 6.45) is 4.19. The molecule has 2 saturated carbocycles. The highest BCUT2D eigenvalue weighted by molar-refractivity contribution is 6.07. The van der Waals surface area contributed by atoms with Gasteiger partial charge in [0.15, 0.2) is 0 Å². The average Bonchev–Trinajstić information content (AvgIpc) is 3.30. The standard InChI is InChI=1S/C14H22N2O4/c15-12(17)14(4-5-14)13(18)16-10-3-6-19-8-11(10)20-7-9-1-2-9/h9-11H,1-8H2,(H2,15,17)(H,16,18)/t10-,11-/m1/s1. The van der Waals surface area contributed by atoms with Gasteiger partial charge in [-0.3, -0.25) is 9.59 Å². The van der Waals surface area contributed by atoms with Crippen molar-refractivity contribution in [1.29, 1.82) is 0 Å². The molecule has 3 aliphatic rings. The minimum atomic E-state index is -0.959. The van der Waals surface area contributed by atoms with E-state index in [1.165, 1.54) is 12.8 Å². The first-order chi connectivity index (χ1) is 9.62. The van der Waals surface area contributed by atoms with Crippen molar-refractivity contribution in [1.82, 2.24) is 5.32 Å². The molecule has 3 N–H and O–H groups in total. The van der Waals surface area contributed by atoms with Crippen LogP contribution in [-0.2, 0) is 19.1 Å². The molecule has 112 valence electrons. The molecular formula is C14H22N2O4. The molecule has 6 nitrogen and oxygen atoms in total. The van der Waals surface area contributed by atoms with Gasteiger partial charge in [0.25, 0.3) is 0 Å². The number of amides is 2. The van der Waals surface area contributed by atoms with Crippen LogP contribution in [0.3, 0.4) is 0 Å². The minimum Gasteiger partial charge on any atom is -0.379 e. The van der Waals surface area contributed by atoms with Crippen LogP contribution in [0.4, 0.5) is 0 Å². The Kier molecular flexibility index (Phi) is 3.69. The van der Waals surface area contributed by atoms with E-state index in [2.05, 4.69) is 5.32 Å². The topological polar surface area (TPSA) is 90.7 Å². The Balaban J connectivity index is 1.55. The number of hydrogen-bond acceptors (Lipinski definition) is 4. The molecule has 0 unspecified atom stereocenters. The summed E-state index contributed by atoms with van der Waals surface area (Å²) in [4.78, 5) is 23.6. The molecule has 0 aromatic rings. The van der Waals surface area contributed by atoms with Gasteiger partial charge >= 0.3 is 0 Å². The Labute approximate surface area is 118 Å². The van der Waals surface area contributed by atoms with Gasteiger partial charge < -0.3 is 20.5 Å². The Hall–Kier alpha value is -1.14. The van der Waals surface area contributed by atoms with Crippen molar-refractivity contribution in [2.45, 2.75) is 44.2 Å². The monoisotopic (exact) mass is 282 g/mol. The van der Waals surface area contributed by atoms with Crippen LogP contribution in [0.1, 0.15) is 32.1 Å². The Morgan fingerprint density at radius 2 is 2.05 bits per heavy atom. The van der Waals surface area contributed by atoms with Gasteiger partial charge in [0.2, 0.25) is 11.8 Å². The minimum absolute atomic E-state index is 0.0770. The largest absolute Gasteiger partial charge is 0.379 e. The number of carbonyl (C=O) groups excluding carboxylic acids is 2. The molecule has 1 heterocycles. The summed E-state index contributed by atoms with van der Waals surface area (Å²) < 4.78 is 11.3. The summed E-state index contributed by atoms with van der Waals surface area (Å²) in [6, 6.07) is -0.0770. The van der Waals surface area contributed by atoms with E-state index in [9.17, 15) is 9.59 Å². The number of ether oxygens (including phenoxy) is 2. The van der Waals surface area contributed by atoms with Gasteiger partial charge in [-0.15, -0.1) is 0 Å². The molecule has 2 aliphatic carbocycles. The van der Waals surface area contributed by atoms with Gasteiger partial charge in [0.1, 0.15) is 11.5 Å². The summed E-state index contributed by atoms with van der Waals surface area (Å²) in [5.74, 6) is -0.0805. The second-order valence-corrected chi connectivity index (χ2v) is 6.21. The first-order valence-electron chi connectivity index (χ1n) is 7.42. The highest BCUT2D eigenvalue weighted by Crippen LogP contribution is 2.45. The molecule has 6 heteroatoms. The van der Waals surface area contributed by atoms with Gasteiger partial charge in [-0.25, -0.2) is 0 Å². The second kappa shape index (κ2) is 5.33. The molecular weight excluding hydrogens is 260 g/mol. The van der Waals surface area contributed by atoms with E-state index in [0.29, 0.717) is 32.0 Å². The van der Waals surface area contributed by atoms with Crippen LogP contribution < -0.4 is 11.1 Å². The lowest BCUT2D eigenvalue weighted by Crippen LogP contribution is -2.53. The maximum atomic E-state index is 12.2. The van der Waals surface area contributed by atoms with E-state index in [1.54, 1.807) is 0 Å². The first-order valence-corrected chi connectivity index (χ1v) is 7.42. The third kappa shape index (κ3) is 2.81. The lowest BCUT2D eigenvalue weighted by Gasteiger charge is -2.33. The number of primary amides is 1. The van der Waals surface area contributed by atoms with Gasteiger partial charge in [-0.05, 0) is 38.0 Å². The summed E-state index contributed by atoms with van der Waals surface area (Å²) in [5, 5.41) is 2.95. The molecule has 0 aromatic heterocycles. The summed E-state index contributed by atoms with van der Waals surface area (Å²) >= 11 is 0. The highest BCUT2D eigenvalue weighted by Gasteiger charge is 2.56. The van der Waals surface area contributed by atoms with Crippen molar-refractivity contribution >= 4 is 11.8 Å². The lowest BCUT2D eigenvalue weighted by molar-refractivity contribution is -0.138. The molecule has 3 fully saturated rings. The van der Waals surface area contributed by atoms with Crippen LogP contribution in [0.5, 0.6) is 0 Å². The predicted molar refractivity (Wildman–Crippen MR) is 70.7 cm³/mol. The zero-order valence-corrected chi connectivity index (χ0v) is 11.6. The molecule has 0 aromatic carbocycles. The van der Waals surface area contributed by atoms with Gasteiger partial charge in [0.05, 0.1) is 12.6 Å². The third-order valence-corrected chi connectivity index (χ3v) is 4.52. The summed E-state index contributed by atoms with van der Waals surface area (Å²) in [6.45, 7) is 1.85. The van der Waals surface area contributed by atoms with Crippen molar-refractivity contribution in [3.05, 3.63) is 0 Å². The van der Waals surface area contributed by atoms with Crippen LogP contribution in [0.25, 0.3) is 0 Å². The van der Waals surface area contributed by atoms with Crippen LogP contribution >= 0.6 is 0 Å². The Morgan fingerprint density at radius 1 is 1.30 bits per heavy atom. The first kappa shape index (κ1) is 13.8. The highest BCUT2D eigenvalue weighted by atomic mass is 16.5. The van der Waals surface area contributed by atoms with Crippen molar-refractivity contribution in [2.75, 3.05) is 19.8 Å². The zero-order valence-electron chi connectivity index (χ0n) is 11.6. The molecule has 20 heavy (non-hydrogen) atoms. The molecule has 0 bridgehead atoms. The van der Waals surface area contributed by atoms with Crippen LogP contribution in [0, 0.1) is 11.3 Å². The smallest absolute Gasteiger partial charge is 0.235 e. The van der Waals surface area contributed by atoms with E-state index in [0.717, 1.165) is 13.0 Å². The summed E-state index contributed by atoms with van der Waals surface area (Å²) in [5.41, 5.74) is 4.37. The maximum Gasteiger partial charge on any atom is 0.235 e. The number of hydrogen-bond donors (Lipinski definition) is 2. The molecule has 1 saturated heterocycles. The van der Waals surface area contributed by atoms with Crippen molar-refractivity contribution in [2.24, 2.45) is 17.1 Å². The fraction of sp³-hybridized carbons (Fsp3) is 0.857. The molecule has 3 rings (SSSR count). The van der Waals surface area contributed by atoms with Crippen LogP contribution in [0.2, 0.25) is 0 Å². The number of rotatable bonds is 6. The molecule has 0 radical (unpaired) electrons. The second-order valence-electron chi connectivity index (χ2n) is 6.21. The zero-order chi connectivity index (χ0) is 14.2.